The summed E-state index contributed by atoms with van der Waals surface area (Å²) in [6.45, 7) is 1.35. The van der Waals surface area contributed by atoms with E-state index in [4.69, 9.17) is 5.41 Å². The molecule has 2 heterocycles. The molecule has 1 aromatic heterocycles. The minimum Gasteiger partial charge on any atom is -0.377 e. The molecule has 172 valence electrons. The van der Waals surface area contributed by atoms with Gasteiger partial charge in [-0.1, -0.05) is 11.8 Å². The Kier molecular flexibility index (Phi) is 7.03. The molecule has 32 heavy (non-hydrogen) atoms. The average molecular weight is 472 g/mol. The number of nitrogens with zero attached hydrogens (tertiary/aromatic N) is 3. The van der Waals surface area contributed by atoms with Gasteiger partial charge in [0.15, 0.2) is 22.2 Å². The predicted octanol–water partition coefficient (Wildman–Crippen LogP) is 1.39. The summed E-state index contributed by atoms with van der Waals surface area (Å²) in [5.74, 6) is -1.91. The highest BCUT2D eigenvalue weighted by molar-refractivity contribution is 7.99. The normalized spacial score (nSPS) is 14.8. The highest BCUT2D eigenvalue weighted by atomic mass is 32.2. The molecule has 1 saturated heterocycles. The molecule has 2 amide bonds. The number of hydrogen-bond donors (Lipinski definition) is 4. The van der Waals surface area contributed by atoms with Crippen molar-refractivity contribution in [3.8, 4) is 0 Å². The zero-order valence-electron chi connectivity index (χ0n) is 16.7. The third-order valence-electron chi connectivity index (χ3n) is 4.59. The van der Waals surface area contributed by atoms with Gasteiger partial charge in [0, 0.05) is 24.9 Å². The summed E-state index contributed by atoms with van der Waals surface area (Å²) in [4.78, 5) is 24.6. The second-order valence-electron chi connectivity index (χ2n) is 6.97. The zero-order valence-corrected chi connectivity index (χ0v) is 17.5. The van der Waals surface area contributed by atoms with Crippen molar-refractivity contribution in [3.63, 3.8) is 0 Å². The van der Waals surface area contributed by atoms with Gasteiger partial charge in [0.25, 0.3) is 12.3 Å². The number of aliphatic hydroxyl groups is 1. The van der Waals surface area contributed by atoms with Gasteiger partial charge in [0.05, 0.1) is 18.7 Å². The number of halogens is 3. The average Bonchev–Trinajstić information content (AvgIpc) is 3.18. The monoisotopic (exact) mass is 472 g/mol. The topological polar surface area (TPSA) is 144 Å². The van der Waals surface area contributed by atoms with Crippen LogP contribution in [0.2, 0.25) is 0 Å². The maximum atomic E-state index is 13.4. The van der Waals surface area contributed by atoms with Crippen molar-refractivity contribution >= 4 is 35.1 Å². The lowest BCUT2D eigenvalue weighted by atomic mass is 9.93. The molecule has 10 nitrogen and oxygen atoms in total. The van der Waals surface area contributed by atoms with Gasteiger partial charge < -0.3 is 20.6 Å². The first kappa shape index (κ1) is 23.5. The Morgan fingerprint density at radius 1 is 1.38 bits per heavy atom. The van der Waals surface area contributed by atoms with Gasteiger partial charge in [-0.25, -0.2) is 17.8 Å². The number of aromatic nitrogens is 2. The van der Waals surface area contributed by atoms with Gasteiger partial charge in [0.2, 0.25) is 5.91 Å². The molecule has 0 bridgehead atoms. The lowest BCUT2D eigenvalue weighted by Gasteiger charge is -2.44. The maximum absolute atomic E-state index is 13.4. The number of rotatable bonds is 8. The lowest BCUT2D eigenvalue weighted by molar-refractivity contribution is -0.167. The van der Waals surface area contributed by atoms with Crippen molar-refractivity contribution in [2.24, 2.45) is 0 Å². The van der Waals surface area contributed by atoms with Crippen molar-refractivity contribution in [1.29, 1.82) is 5.41 Å². The third kappa shape index (κ3) is 5.19. The minimum absolute atomic E-state index is 0.000954. The molecule has 3 rings (SSSR count). The molecule has 4 N–H and O–H groups in total. The molecule has 1 aliphatic rings. The Balaban J connectivity index is 1.50. The summed E-state index contributed by atoms with van der Waals surface area (Å²) in [5, 5.41) is 30.8. The number of carbonyl (C=O) groups excluding carboxylic acids is 2. The van der Waals surface area contributed by atoms with E-state index in [0.29, 0.717) is 5.75 Å². The minimum atomic E-state index is -3.01. The maximum Gasteiger partial charge on any atom is 0.266 e. The van der Waals surface area contributed by atoms with Gasteiger partial charge in [-0.05, 0) is 28.5 Å². The van der Waals surface area contributed by atoms with Crippen molar-refractivity contribution in [1.82, 2.24) is 20.5 Å². The van der Waals surface area contributed by atoms with E-state index in [1.54, 1.807) is 0 Å². The van der Waals surface area contributed by atoms with Crippen LogP contribution in [-0.4, -0.2) is 69.0 Å². The second kappa shape index (κ2) is 9.56. The van der Waals surface area contributed by atoms with E-state index in [-0.39, 0.29) is 47.8 Å². The van der Waals surface area contributed by atoms with Crippen LogP contribution in [0.15, 0.2) is 27.9 Å². The highest BCUT2D eigenvalue weighted by Crippen LogP contribution is 2.26. The highest BCUT2D eigenvalue weighted by Gasteiger charge is 2.48. The molecule has 2 aromatic rings. The number of hydrogen-bond acceptors (Lipinski definition) is 8. The van der Waals surface area contributed by atoms with Crippen LogP contribution in [0.25, 0.3) is 0 Å². The number of nitrogens with one attached hydrogen (secondary N) is 3. The predicted molar refractivity (Wildman–Crippen MR) is 107 cm³/mol. The van der Waals surface area contributed by atoms with Crippen molar-refractivity contribution in [2.45, 2.75) is 24.0 Å². The van der Waals surface area contributed by atoms with Crippen molar-refractivity contribution in [2.75, 3.05) is 30.7 Å². The van der Waals surface area contributed by atoms with E-state index in [1.165, 1.54) is 17.9 Å². The summed E-state index contributed by atoms with van der Waals surface area (Å²) in [6, 6.07) is 2.95. The number of amides is 2. The number of anilines is 1. The van der Waals surface area contributed by atoms with Gasteiger partial charge in [0.1, 0.15) is 5.82 Å². The van der Waals surface area contributed by atoms with Gasteiger partial charge in [-0.3, -0.25) is 15.0 Å². The number of β-amino-alcohol motifs (C(OH)–C–C–N with tert-alkyl or cyclic N) is 1. The first-order valence-corrected chi connectivity index (χ1v) is 10.2. The fourth-order valence-corrected chi connectivity index (χ4v) is 3.61. The van der Waals surface area contributed by atoms with Gasteiger partial charge >= 0.3 is 0 Å². The number of amidine groups is 1. The van der Waals surface area contributed by atoms with Crippen LogP contribution in [0.1, 0.15) is 24.6 Å². The number of benzene rings is 1. The summed E-state index contributed by atoms with van der Waals surface area (Å²) in [6.07, 6.45) is -3.01. The SMILES string of the molecule is CC(=O)N1CC(O)(C(=O)NCCSc2nonc2C(=N)Nc2ccc(F)c(C(F)F)c2)C1. The zero-order chi connectivity index (χ0) is 23.5. The molecule has 1 aliphatic heterocycles. The molecule has 1 fully saturated rings. The smallest absolute Gasteiger partial charge is 0.266 e. The number of likely N-dealkylation sites (tertiary alicyclic amines) is 1. The Morgan fingerprint density at radius 2 is 2.09 bits per heavy atom. The van der Waals surface area contributed by atoms with Crippen LogP contribution in [0, 0.1) is 11.2 Å². The van der Waals surface area contributed by atoms with E-state index in [0.717, 1.165) is 23.9 Å². The number of thioether (sulfide) groups is 1. The van der Waals surface area contributed by atoms with Crippen molar-refractivity contribution < 1.29 is 32.5 Å². The fourth-order valence-electron chi connectivity index (χ4n) is 2.85. The molecule has 14 heteroatoms. The molecular formula is C18H19F3N6O4S. The van der Waals surface area contributed by atoms with E-state index in [2.05, 4.69) is 25.6 Å². The van der Waals surface area contributed by atoms with E-state index >= 15 is 0 Å². The Labute approximate surface area is 184 Å². The summed E-state index contributed by atoms with van der Waals surface area (Å²) < 4.78 is 43.7. The molecule has 1 aromatic carbocycles. The third-order valence-corrected chi connectivity index (χ3v) is 5.54. The Bertz CT molecular complexity index is 1030. The molecule has 0 unspecified atom stereocenters. The quantitative estimate of drug-likeness (QED) is 0.195. The van der Waals surface area contributed by atoms with E-state index in [1.807, 2.05) is 0 Å². The summed E-state index contributed by atoms with van der Waals surface area (Å²) in [5.41, 5.74) is -2.36. The Morgan fingerprint density at radius 3 is 2.75 bits per heavy atom. The van der Waals surface area contributed by atoms with Crippen LogP contribution in [0.3, 0.4) is 0 Å². The molecule has 0 atom stereocenters. The van der Waals surface area contributed by atoms with Crippen LogP contribution in [-0.2, 0) is 9.59 Å². The number of carbonyl (C=O) groups is 2. The van der Waals surface area contributed by atoms with Crippen LogP contribution in [0.4, 0.5) is 18.9 Å². The van der Waals surface area contributed by atoms with Crippen LogP contribution in [0.5, 0.6) is 0 Å². The standard InChI is InChI=1S/C18H19F3N6O4S/c1-9(28)27-7-18(30,8-27)17(29)23-4-5-32-16-13(25-31-26-16)15(22)24-10-2-3-12(19)11(6-10)14(20)21/h2-3,6,14,30H,4-5,7-8H2,1H3,(H2,22,24)(H,23,29). The summed E-state index contributed by atoms with van der Waals surface area (Å²) >= 11 is 1.10. The van der Waals surface area contributed by atoms with E-state index < -0.39 is 29.3 Å². The molecule has 0 saturated carbocycles. The van der Waals surface area contributed by atoms with Crippen molar-refractivity contribution in [3.05, 3.63) is 35.3 Å². The largest absolute Gasteiger partial charge is 0.377 e. The summed E-state index contributed by atoms with van der Waals surface area (Å²) in [7, 11) is 0. The van der Waals surface area contributed by atoms with Gasteiger partial charge in [-0.2, -0.15) is 0 Å². The van der Waals surface area contributed by atoms with E-state index in [9.17, 15) is 27.9 Å². The first-order chi connectivity index (χ1) is 15.1. The van der Waals surface area contributed by atoms with Crippen LogP contribution < -0.4 is 10.6 Å². The molecular weight excluding hydrogens is 453 g/mol. The molecule has 0 radical (unpaired) electrons. The Hall–Kier alpha value is -3.13. The van der Waals surface area contributed by atoms with Crippen LogP contribution >= 0.6 is 11.8 Å². The fraction of sp³-hybridized carbons (Fsp3) is 0.389. The lowest BCUT2D eigenvalue weighted by Crippen LogP contribution is -2.69. The first-order valence-electron chi connectivity index (χ1n) is 9.26. The number of alkyl halides is 2. The molecule has 0 aliphatic carbocycles. The molecule has 0 spiro atoms. The second-order valence-corrected chi connectivity index (χ2v) is 8.05. The van der Waals surface area contributed by atoms with Gasteiger partial charge in [-0.15, -0.1) is 0 Å².